The first-order valence-corrected chi connectivity index (χ1v) is 15.1. The van der Waals surface area contributed by atoms with Crippen molar-refractivity contribution in [1.82, 2.24) is 24.3 Å². The van der Waals surface area contributed by atoms with E-state index in [2.05, 4.69) is 38.0 Å². The molecule has 2 aliphatic rings. The van der Waals surface area contributed by atoms with Crippen LogP contribution in [-0.4, -0.2) is 56.5 Å². The van der Waals surface area contributed by atoms with Crippen molar-refractivity contribution in [2.24, 2.45) is 0 Å². The molecule has 220 valence electrons. The molecule has 4 aromatic rings. The van der Waals surface area contributed by atoms with Gasteiger partial charge in [0.1, 0.15) is 5.82 Å². The van der Waals surface area contributed by atoms with Gasteiger partial charge in [0.25, 0.3) is 0 Å². The lowest BCUT2D eigenvalue weighted by molar-refractivity contribution is 0.125. The maximum Gasteiger partial charge on any atom is 0.321 e. The number of hydrogen-bond donors (Lipinski definition) is 1. The van der Waals surface area contributed by atoms with Gasteiger partial charge in [-0.1, -0.05) is 43.1 Å². The van der Waals surface area contributed by atoms with Crippen LogP contribution in [0.15, 0.2) is 67.1 Å². The van der Waals surface area contributed by atoms with E-state index in [4.69, 9.17) is 33.4 Å². The highest BCUT2D eigenvalue weighted by molar-refractivity contribution is 6.31. The molecular formula is C33H33Cl2N7O. The van der Waals surface area contributed by atoms with Gasteiger partial charge >= 0.3 is 6.03 Å². The molecule has 2 amide bonds. The molecule has 1 unspecified atom stereocenters. The molecule has 1 aliphatic heterocycles. The van der Waals surface area contributed by atoms with Crippen LogP contribution in [0, 0.1) is 18.3 Å². The van der Waals surface area contributed by atoms with E-state index in [-0.39, 0.29) is 12.1 Å². The standard InChI is InChI=1S/C31H27Cl2N7O.C2H6/c1-20-35-8-9-40(20)19-23-14-22-15-24(32)4-7-27(22)30(29-28(23)16-25(33)18-36-29)38-10-12-39(13-11-38)31(41)37-26-5-2-21(17-34)3-6-26;1-2/h2-9,14-16,18,30H,10-13,19H2,1H3,(H,37,41);1-2H3. The highest BCUT2D eigenvalue weighted by Gasteiger charge is 2.34. The van der Waals surface area contributed by atoms with Crippen LogP contribution in [0.3, 0.4) is 0 Å². The molecule has 1 saturated heterocycles. The summed E-state index contributed by atoms with van der Waals surface area (Å²) in [4.78, 5) is 26.5. The zero-order valence-electron chi connectivity index (χ0n) is 24.4. The van der Waals surface area contributed by atoms with Crippen molar-refractivity contribution in [3.8, 4) is 6.07 Å². The summed E-state index contributed by atoms with van der Waals surface area (Å²) in [5, 5.41) is 13.2. The molecule has 1 N–H and O–H groups in total. The van der Waals surface area contributed by atoms with E-state index >= 15 is 0 Å². The fourth-order valence-electron chi connectivity index (χ4n) is 5.53. The summed E-state index contributed by atoms with van der Waals surface area (Å²) in [7, 11) is 0. The van der Waals surface area contributed by atoms with Gasteiger partial charge in [0.05, 0.1) is 28.4 Å². The van der Waals surface area contributed by atoms with Crippen molar-refractivity contribution in [1.29, 1.82) is 5.26 Å². The number of aryl methyl sites for hydroxylation is 1. The number of benzene rings is 2. The summed E-state index contributed by atoms with van der Waals surface area (Å²) in [6, 6.07) is 16.6. The fraction of sp³-hybridized carbons (Fsp3) is 0.273. The second-order valence-corrected chi connectivity index (χ2v) is 11.0. The molecule has 1 fully saturated rings. The molecule has 2 aromatic carbocycles. The third kappa shape index (κ3) is 6.60. The minimum absolute atomic E-state index is 0.143. The zero-order chi connectivity index (χ0) is 30.5. The van der Waals surface area contributed by atoms with Crippen LogP contribution >= 0.6 is 23.2 Å². The molecular weight excluding hydrogens is 581 g/mol. The third-order valence-corrected chi connectivity index (χ3v) is 8.10. The largest absolute Gasteiger partial charge is 0.331 e. The summed E-state index contributed by atoms with van der Waals surface area (Å²) >= 11 is 13.0. The first-order chi connectivity index (χ1) is 20.9. The average molecular weight is 615 g/mol. The van der Waals surface area contributed by atoms with Gasteiger partial charge in [0, 0.05) is 67.6 Å². The van der Waals surface area contributed by atoms with Crippen molar-refractivity contribution in [3.05, 3.63) is 111 Å². The summed E-state index contributed by atoms with van der Waals surface area (Å²) in [6.07, 6.45) is 7.65. The lowest BCUT2D eigenvalue weighted by atomic mass is 9.95. The number of halogens is 2. The van der Waals surface area contributed by atoms with E-state index in [1.54, 1.807) is 36.7 Å². The van der Waals surface area contributed by atoms with Crippen molar-refractivity contribution in [2.45, 2.75) is 33.4 Å². The van der Waals surface area contributed by atoms with Crippen molar-refractivity contribution < 1.29 is 4.79 Å². The normalized spacial score (nSPS) is 16.0. The smallest absolute Gasteiger partial charge is 0.321 e. The van der Waals surface area contributed by atoms with E-state index < -0.39 is 0 Å². The molecule has 2 aromatic heterocycles. The number of nitrogens with one attached hydrogen (secondary N) is 1. The van der Waals surface area contributed by atoms with Gasteiger partial charge in [0.2, 0.25) is 0 Å². The van der Waals surface area contributed by atoms with Crippen LogP contribution in [0.2, 0.25) is 10.0 Å². The van der Waals surface area contributed by atoms with Crippen LogP contribution in [0.5, 0.6) is 0 Å². The van der Waals surface area contributed by atoms with E-state index in [0.29, 0.717) is 54.0 Å². The van der Waals surface area contributed by atoms with Crippen molar-refractivity contribution >= 4 is 46.6 Å². The number of piperazine rings is 1. The monoisotopic (exact) mass is 613 g/mol. The van der Waals surface area contributed by atoms with Gasteiger partial charge in [-0.3, -0.25) is 9.88 Å². The van der Waals surface area contributed by atoms with Gasteiger partial charge in [-0.15, -0.1) is 0 Å². The Hall–Kier alpha value is -4.16. The van der Waals surface area contributed by atoms with Crippen LogP contribution < -0.4 is 5.32 Å². The number of hydrogen-bond acceptors (Lipinski definition) is 5. The molecule has 0 spiro atoms. The molecule has 10 heteroatoms. The molecule has 0 bridgehead atoms. The Bertz CT molecular complexity index is 1680. The highest BCUT2D eigenvalue weighted by atomic mass is 35.5. The number of imidazole rings is 1. The molecule has 43 heavy (non-hydrogen) atoms. The molecule has 0 radical (unpaired) electrons. The SMILES string of the molecule is CC.Cc1nccn1CC1=Cc2cc(Cl)ccc2C(N2CCN(C(=O)Nc3ccc(C#N)cc3)CC2)c2ncc(Cl)cc21. The van der Waals surface area contributed by atoms with Crippen LogP contribution in [0.25, 0.3) is 11.6 Å². The zero-order valence-corrected chi connectivity index (χ0v) is 25.9. The third-order valence-electron chi connectivity index (χ3n) is 7.66. The summed E-state index contributed by atoms with van der Waals surface area (Å²) in [5.74, 6) is 0.921. The molecule has 1 atom stereocenters. The van der Waals surface area contributed by atoms with E-state index in [0.717, 1.165) is 33.8 Å². The Balaban J connectivity index is 0.00000180. The first-order valence-electron chi connectivity index (χ1n) is 14.3. The lowest BCUT2D eigenvalue weighted by Crippen LogP contribution is -2.51. The van der Waals surface area contributed by atoms with Crippen molar-refractivity contribution in [2.75, 3.05) is 31.5 Å². The maximum absolute atomic E-state index is 13.0. The van der Waals surface area contributed by atoms with Crippen LogP contribution in [-0.2, 0) is 6.54 Å². The average Bonchev–Trinajstić information content (AvgIpc) is 3.38. The Kier molecular flexibility index (Phi) is 9.46. The Morgan fingerprint density at radius 3 is 2.44 bits per heavy atom. The molecule has 8 nitrogen and oxygen atoms in total. The molecule has 3 heterocycles. The molecule has 1 aliphatic carbocycles. The lowest BCUT2D eigenvalue weighted by Gasteiger charge is -2.39. The topological polar surface area (TPSA) is 90.1 Å². The van der Waals surface area contributed by atoms with E-state index in [9.17, 15) is 4.79 Å². The van der Waals surface area contributed by atoms with Crippen LogP contribution in [0.4, 0.5) is 10.5 Å². The number of anilines is 1. The van der Waals surface area contributed by atoms with Crippen LogP contribution in [0.1, 0.15) is 53.7 Å². The maximum atomic E-state index is 13.0. The highest BCUT2D eigenvalue weighted by Crippen LogP contribution is 2.41. The van der Waals surface area contributed by atoms with Gasteiger partial charge in [-0.25, -0.2) is 9.78 Å². The number of rotatable bonds is 4. The summed E-state index contributed by atoms with van der Waals surface area (Å²) in [6.45, 7) is 9.03. The van der Waals surface area contributed by atoms with Crippen molar-refractivity contribution in [3.63, 3.8) is 0 Å². The quantitative estimate of drug-likeness (QED) is 0.261. The minimum Gasteiger partial charge on any atom is -0.331 e. The number of nitriles is 1. The molecule has 0 saturated carbocycles. The summed E-state index contributed by atoms with van der Waals surface area (Å²) in [5.41, 5.74) is 6.34. The van der Waals surface area contributed by atoms with Gasteiger partial charge in [0.15, 0.2) is 0 Å². The number of aromatic nitrogens is 3. The predicted octanol–water partition coefficient (Wildman–Crippen LogP) is 7.28. The van der Waals surface area contributed by atoms with E-state index in [1.807, 2.05) is 50.1 Å². The number of amides is 2. The predicted molar refractivity (Wildman–Crippen MR) is 172 cm³/mol. The van der Waals surface area contributed by atoms with Gasteiger partial charge < -0.3 is 14.8 Å². The second kappa shape index (κ2) is 13.4. The first kappa shape index (κ1) is 30.3. The van der Waals surface area contributed by atoms with E-state index in [1.165, 1.54) is 0 Å². The number of nitrogens with zero attached hydrogens (tertiary/aromatic N) is 6. The fourth-order valence-corrected chi connectivity index (χ4v) is 5.86. The summed E-state index contributed by atoms with van der Waals surface area (Å²) < 4.78 is 2.10. The number of allylic oxidation sites excluding steroid dienone is 1. The Labute approximate surface area is 262 Å². The Morgan fingerprint density at radius 1 is 1.02 bits per heavy atom. The van der Waals surface area contributed by atoms with Gasteiger partial charge in [-0.2, -0.15) is 5.26 Å². The minimum atomic E-state index is -0.160. The number of carbonyl (C=O) groups is 1. The number of fused-ring (bicyclic) bond motifs is 2. The number of pyridine rings is 1. The molecule has 6 rings (SSSR count). The Morgan fingerprint density at radius 2 is 1.77 bits per heavy atom. The van der Waals surface area contributed by atoms with Gasteiger partial charge in [-0.05, 0) is 72.2 Å². The number of urea groups is 1. The second-order valence-electron chi connectivity index (χ2n) is 10.2. The number of carbonyl (C=O) groups excluding carboxylic acids is 1.